The Kier molecular flexibility index (Phi) is 7.60. The third kappa shape index (κ3) is 4.87. The lowest BCUT2D eigenvalue weighted by atomic mass is 9.91. The van der Waals surface area contributed by atoms with Crippen LogP contribution in [0, 0.1) is 5.41 Å². The van der Waals surface area contributed by atoms with Crippen molar-refractivity contribution in [2.75, 3.05) is 27.8 Å². The van der Waals surface area contributed by atoms with Crippen molar-refractivity contribution in [3.63, 3.8) is 0 Å². The maximum Gasteiger partial charge on any atom is 0.411 e. The summed E-state index contributed by atoms with van der Waals surface area (Å²) in [6.45, 7) is 14.0. The standard InChI is InChI=1S/C19H39N2O5P/c1-11-12-13-19(27(23,24-9)25-10)14-21(16(22)26-18(5,6)7)15(20(19)8)17(2,3)4/h15H,11-14H2,1-10H3/t15-,19+/m0/s1. The van der Waals surface area contributed by atoms with E-state index in [2.05, 4.69) is 27.7 Å². The molecule has 7 nitrogen and oxygen atoms in total. The first-order chi connectivity index (χ1) is 12.2. The van der Waals surface area contributed by atoms with Gasteiger partial charge in [0.05, 0.1) is 12.7 Å². The highest BCUT2D eigenvalue weighted by Gasteiger charge is 2.63. The van der Waals surface area contributed by atoms with Gasteiger partial charge in [-0.3, -0.25) is 14.4 Å². The van der Waals surface area contributed by atoms with Crippen LogP contribution < -0.4 is 0 Å². The first kappa shape index (κ1) is 24.4. The molecular weight excluding hydrogens is 367 g/mol. The number of ether oxygens (including phenoxy) is 1. The maximum atomic E-state index is 13.7. The van der Waals surface area contributed by atoms with E-state index in [1.165, 1.54) is 14.2 Å². The van der Waals surface area contributed by atoms with E-state index in [0.29, 0.717) is 6.42 Å². The number of hydrogen-bond acceptors (Lipinski definition) is 6. The molecule has 2 atom stereocenters. The normalized spacial score (nSPS) is 25.1. The lowest BCUT2D eigenvalue weighted by Crippen LogP contribution is -2.52. The predicted molar refractivity (Wildman–Crippen MR) is 108 cm³/mol. The van der Waals surface area contributed by atoms with Crippen LogP contribution in [0.2, 0.25) is 0 Å². The van der Waals surface area contributed by atoms with Crippen LogP contribution in [-0.2, 0) is 18.3 Å². The molecule has 8 heteroatoms. The summed E-state index contributed by atoms with van der Waals surface area (Å²) < 4.78 is 30.2. The van der Waals surface area contributed by atoms with Crippen LogP contribution in [0.3, 0.4) is 0 Å². The summed E-state index contributed by atoms with van der Waals surface area (Å²) >= 11 is 0. The van der Waals surface area contributed by atoms with Gasteiger partial charge in [0.1, 0.15) is 10.9 Å². The quantitative estimate of drug-likeness (QED) is 0.584. The van der Waals surface area contributed by atoms with E-state index < -0.39 is 24.6 Å². The molecule has 1 fully saturated rings. The molecule has 1 aliphatic heterocycles. The van der Waals surface area contributed by atoms with Crippen molar-refractivity contribution in [1.29, 1.82) is 0 Å². The Hall–Kier alpha value is -0.620. The zero-order valence-corrected chi connectivity index (χ0v) is 19.7. The fraction of sp³-hybridized carbons (Fsp3) is 0.947. The van der Waals surface area contributed by atoms with Crippen LogP contribution in [0.25, 0.3) is 0 Å². The number of carbonyl (C=O) groups excluding carboxylic acids is 1. The molecule has 1 amide bonds. The summed E-state index contributed by atoms with van der Waals surface area (Å²) in [6.07, 6.45) is 1.68. The van der Waals surface area contributed by atoms with E-state index in [0.717, 1.165) is 12.8 Å². The van der Waals surface area contributed by atoms with Gasteiger partial charge in [-0.05, 0) is 39.7 Å². The van der Waals surface area contributed by atoms with Gasteiger partial charge >= 0.3 is 13.7 Å². The van der Waals surface area contributed by atoms with E-state index in [4.69, 9.17) is 13.8 Å². The number of amides is 1. The smallest absolute Gasteiger partial charge is 0.411 e. The predicted octanol–water partition coefficient (Wildman–Crippen LogP) is 4.91. The Bertz CT molecular complexity index is 561. The molecule has 1 rings (SSSR count). The second kappa shape index (κ2) is 8.40. The van der Waals surface area contributed by atoms with Gasteiger partial charge in [-0.1, -0.05) is 40.5 Å². The first-order valence-electron chi connectivity index (χ1n) is 9.63. The lowest BCUT2D eigenvalue weighted by Gasteiger charge is -2.43. The molecule has 0 saturated carbocycles. The molecule has 0 N–H and O–H groups in total. The summed E-state index contributed by atoms with van der Waals surface area (Å²) in [6, 6.07) is 0. The largest absolute Gasteiger partial charge is 0.444 e. The highest BCUT2D eigenvalue weighted by Crippen LogP contribution is 2.65. The summed E-state index contributed by atoms with van der Waals surface area (Å²) in [5.74, 6) is 0. The molecule has 1 heterocycles. The minimum Gasteiger partial charge on any atom is -0.444 e. The Morgan fingerprint density at radius 1 is 1.15 bits per heavy atom. The van der Waals surface area contributed by atoms with Crippen LogP contribution in [-0.4, -0.2) is 60.8 Å². The van der Waals surface area contributed by atoms with Crippen molar-refractivity contribution < 1.29 is 23.1 Å². The highest BCUT2D eigenvalue weighted by molar-refractivity contribution is 7.55. The topological polar surface area (TPSA) is 68.3 Å². The number of rotatable bonds is 6. The summed E-state index contributed by atoms with van der Waals surface area (Å²) in [5, 5.41) is -0.915. The third-order valence-corrected chi connectivity index (χ3v) is 7.73. The number of likely N-dealkylation sites (N-methyl/N-ethyl adjacent to an activating group) is 1. The summed E-state index contributed by atoms with van der Waals surface area (Å²) in [4.78, 5) is 16.7. The Labute approximate surface area is 165 Å². The molecular formula is C19H39N2O5P. The van der Waals surface area contributed by atoms with Crippen molar-refractivity contribution in [1.82, 2.24) is 9.80 Å². The Balaban J connectivity index is 3.50. The van der Waals surface area contributed by atoms with Gasteiger partial charge in [0.2, 0.25) is 0 Å². The lowest BCUT2D eigenvalue weighted by molar-refractivity contribution is -0.00894. The SMILES string of the molecule is CCCC[C@@]1(P(=O)(OC)OC)CN(C(=O)OC(C)(C)C)[C@@H](C(C)(C)C)N1C. The molecule has 160 valence electrons. The van der Waals surface area contributed by atoms with Crippen LogP contribution in [0.4, 0.5) is 4.79 Å². The zero-order valence-electron chi connectivity index (χ0n) is 18.8. The second-order valence-corrected chi connectivity index (χ2v) is 12.0. The van der Waals surface area contributed by atoms with Crippen LogP contribution in [0.5, 0.6) is 0 Å². The Morgan fingerprint density at radius 3 is 2.04 bits per heavy atom. The van der Waals surface area contributed by atoms with Crippen molar-refractivity contribution in [3.8, 4) is 0 Å². The van der Waals surface area contributed by atoms with Crippen LogP contribution in [0.1, 0.15) is 67.7 Å². The van der Waals surface area contributed by atoms with Crippen molar-refractivity contribution >= 4 is 13.7 Å². The van der Waals surface area contributed by atoms with Crippen LogP contribution >= 0.6 is 7.60 Å². The monoisotopic (exact) mass is 406 g/mol. The van der Waals surface area contributed by atoms with E-state index in [9.17, 15) is 9.36 Å². The fourth-order valence-electron chi connectivity index (χ4n) is 3.99. The highest BCUT2D eigenvalue weighted by atomic mass is 31.2. The third-order valence-electron chi connectivity index (χ3n) is 5.07. The van der Waals surface area contributed by atoms with Gasteiger partial charge in [-0.2, -0.15) is 0 Å². The zero-order chi connectivity index (χ0) is 21.3. The second-order valence-electron chi connectivity index (χ2n) is 9.41. The van der Waals surface area contributed by atoms with Gasteiger partial charge in [0, 0.05) is 14.2 Å². The average molecular weight is 407 g/mol. The number of carbonyl (C=O) groups is 1. The summed E-state index contributed by atoms with van der Waals surface area (Å²) in [5.41, 5.74) is -0.898. The molecule has 0 aromatic rings. The average Bonchev–Trinajstić information content (AvgIpc) is 2.85. The minimum atomic E-state index is -3.50. The van der Waals surface area contributed by atoms with Gasteiger partial charge in [0.15, 0.2) is 0 Å². The van der Waals surface area contributed by atoms with Crippen molar-refractivity contribution in [2.24, 2.45) is 5.41 Å². The number of hydrogen-bond donors (Lipinski definition) is 0. The molecule has 0 aromatic heterocycles. The molecule has 0 unspecified atom stereocenters. The molecule has 1 saturated heterocycles. The molecule has 0 radical (unpaired) electrons. The van der Waals surface area contributed by atoms with E-state index in [-0.39, 0.29) is 18.1 Å². The van der Waals surface area contributed by atoms with E-state index in [1.54, 1.807) is 4.90 Å². The van der Waals surface area contributed by atoms with Crippen molar-refractivity contribution in [2.45, 2.75) is 84.8 Å². The van der Waals surface area contributed by atoms with E-state index >= 15 is 0 Å². The minimum absolute atomic E-state index is 0.235. The maximum absolute atomic E-state index is 13.7. The number of nitrogens with zero attached hydrogens (tertiary/aromatic N) is 2. The molecule has 0 aromatic carbocycles. The van der Waals surface area contributed by atoms with Gasteiger partial charge in [0.25, 0.3) is 0 Å². The molecule has 1 aliphatic rings. The fourth-order valence-corrected chi connectivity index (χ4v) is 6.07. The van der Waals surface area contributed by atoms with Gasteiger partial charge in [-0.25, -0.2) is 4.79 Å². The summed E-state index contributed by atoms with van der Waals surface area (Å²) in [7, 11) is 1.22. The van der Waals surface area contributed by atoms with E-state index in [1.807, 2.05) is 32.7 Å². The first-order valence-corrected chi connectivity index (χ1v) is 11.2. The molecule has 27 heavy (non-hydrogen) atoms. The van der Waals surface area contributed by atoms with Gasteiger partial charge in [-0.15, -0.1) is 0 Å². The van der Waals surface area contributed by atoms with Crippen LogP contribution in [0.15, 0.2) is 0 Å². The Morgan fingerprint density at radius 2 is 1.67 bits per heavy atom. The molecule has 0 bridgehead atoms. The molecule has 0 spiro atoms. The van der Waals surface area contributed by atoms with Gasteiger partial charge < -0.3 is 13.8 Å². The molecule has 0 aliphatic carbocycles. The number of unbranched alkanes of at least 4 members (excludes halogenated alkanes) is 1. The van der Waals surface area contributed by atoms with Crippen molar-refractivity contribution in [3.05, 3.63) is 0 Å².